The maximum Gasteiger partial charge on any atom is 0.170 e. The third-order valence-electron chi connectivity index (χ3n) is 3.18. The molecule has 0 unspecified atom stereocenters. The van der Waals surface area contributed by atoms with Crippen molar-refractivity contribution in [3.63, 3.8) is 0 Å². The number of furan rings is 1. The van der Waals surface area contributed by atoms with Crippen LogP contribution in [0, 0.1) is 11.7 Å². The highest BCUT2D eigenvalue weighted by atomic mass is 79.9. The van der Waals surface area contributed by atoms with Gasteiger partial charge in [0, 0.05) is 21.5 Å². The van der Waals surface area contributed by atoms with E-state index in [4.69, 9.17) is 4.42 Å². The largest absolute Gasteiger partial charge is 0.456 e. The molecule has 0 spiro atoms. The molecular formula is C16H21BrFNO. The van der Waals surface area contributed by atoms with Crippen LogP contribution in [0.15, 0.2) is 21.0 Å². The second-order valence-corrected chi connectivity index (χ2v) is 6.82. The summed E-state index contributed by atoms with van der Waals surface area (Å²) in [6, 6.07) is 3.76. The fourth-order valence-electron chi connectivity index (χ4n) is 2.29. The summed E-state index contributed by atoms with van der Waals surface area (Å²) in [5.74, 6) is 1.03. The van der Waals surface area contributed by atoms with Gasteiger partial charge in [0.05, 0.1) is 6.54 Å². The first-order valence-corrected chi connectivity index (χ1v) is 7.80. The summed E-state index contributed by atoms with van der Waals surface area (Å²) < 4.78 is 20.6. The van der Waals surface area contributed by atoms with Gasteiger partial charge in [0.1, 0.15) is 5.76 Å². The van der Waals surface area contributed by atoms with E-state index < -0.39 is 0 Å². The lowest BCUT2D eigenvalue weighted by Crippen LogP contribution is -2.22. The molecule has 20 heavy (non-hydrogen) atoms. The van der Waals surface area contributed by atoms with Gasteiger partial charge in [0.15, 0.2) is 11.4 Å². The molecule has 2 rings (SSSR count). The molecule has 4 heteroatoms. The molecule has 0 amide bonds. The van der Waals surface area contributed by atoms with Crippen LogP contribution in [0.1, 0.15) is 39.0 Å². The number of benzene rings is 1. The first kappa shape index (κ1) is 15.5. The first-order valence-electron chi connectivity index (χ1n) is 7.01. The van der Waals surface area contributed by atoms with Crippen molar-refractivity contribution < 1.29 is 8.81 Å². The van der Waals surface area contributed by atoms with E-state index in [2.05, 4.69) is 48.9 Å². The maximum absolute atomic E-state index is 14.0. The number of fused-ring (bicyclic) bond motifs is 1. The van der Waals surface area contributed by atoms with Crippen LogP contribution in [0.25, 0.3) is 11.0 Å². The van der Waals surface area contributed by atoms with E-state index in [9.17, 15) is 4.39 Å². The molecule has 0 saturated heterocycles. The van der Waals surface area contributed by atoms with Crippen LogP contribution in [0.4, 0.5) is 4.39 Å². The molecule has 2 aromatic rings. The number of hydrogen-bond acceptors (Lipinski definition) is 2. The molecule has 0 atom stereocenters. The lowest BCUT2D eigenvalue weighted by atomic mass is 9.99. The number of rotatable bonds is 5. The Morgan fingerprint density at radius 1 is 1.25 bits per heavy atom. The Bertz CT molecular complexity index is 604. The van der Waals surface area contributed by atoms with Gasteiger partial charge < -0.3 is 9.73 Å². The molecular weight excluding hydrogens is 321 g/mol. The summed E-state index contributed by atoms with van der Waals surface area (Å²) >= 11 is 3.36. The van der Waals surface area contributed by atoms with E-state index in [0.717, 1.165) is 27.6 Å². The van der Waals surface area contributed by atoms with Crippen LogP contribution in [-0.2, 0) is 13.0 Å². The van der Waals surface area contributed by atoms with Gasteiger partial charge in [-0.2, -0.15) is 0 Å². The van der Waals surface area contributed by atoms with Crippen molar-refractivity contribution in [3.05, 3.63) is 33.7 Å². The molecule has 0 aliphatic rings. The molecule has 2 nitrogen and oxygen atoms in total. The molecule has 1 N–H and O–H groups in total. The second kappa shape index (κ2) is 6.27. The van der Waals surface area contributed by atoms with Gasteiger partial charge in [-0.15, -0.1) is 0 Å². The molecule has 0 aliphatic carbocycles. The van der Waals surface area contributed by atoms with Crippen LogP contribution in [0.5, 0.6) is 0 Å². The molecule has 0 aliphatic heterocycles. The Hall–Kier alpha value is -0.870. The fraction of sp³-hybridized carbons (Fsp3) is 0.500. The van der Waals surface area contributed by atoms with Gasteiger partial charge in [-0.05, 0) is 24.5 Å². The third-order valence-corrected chi connectivity index (χ3v) is 3.64. The summed E-state index contributed by atoms with van der Waals surface area (Å²) in [7, 11) is 0. The minimum absolute atomic E-state index is 0.310. The molecule has 0 bridgehead atoms. The highest BCUT2D eigenvalue weighted by Crippen LogP contribution is 2.32. The van der Waals surface area contributed by atoms with Crippen LogP contribution >= 0.6 is 15.9 Å². The zero-order chi connectivity index (χ0) is 14.9. The van der Waals surface area contributed by atoms with E-state index in [-0.39, 0.29) is 5.82 Å². The smallest absolute Gasteiger partial charge is 0.170 e. The van der Waals surface area contributed by atoms with Gasteiger partial charge >= 0.3 is 0 Å². The number of halogens is 2. The van der Waals surface area contributed by atoms with Gasteiger partial charge in [-0.3, -0.25) is 0 Å². The quantitative estimate of drug-likeness (QED) is 0.824. The molecule has 1 aromatic carbocycles. The molecule has 1 heterocycles. The Labute approximate surface area is 127 Å². The highest BCUT2D eigenvalue weighted by Gasteiger charge is 2.18. The third kappa shape index (κ3) is 3.41. The average Bonchev–Trinajstić information content (AvgIpc) is 2.65. The highest BCUT2D eigenvalue weighted by molar-refractivity contribution is 9.10. The van der Waals surface area contributed by atoms with Crippen molar-refractivity contribution in [1.82, 2.24) is 5.32 Å². The van der Waals surface area contributed by atoms with Crippen molar-refractivity contribution in [3.8, 4) is 0 Å². The van der Waals surface area contributed by atoms with E-state index >= 15 is 0 Å². The summed E-state index contributed by atoms with van der Waals surface area (Å²) in [5.41, 5.74) is 1.48. The van der Waals surface area contributed by atoms with Crippen molar-refractivity contribution in [2.45, 2.75) is 46.7 Å². The normalized spacial score (nSPS) is 12.0. The zero-order valence-electron chi connectivity index (χ0n) is 12.4. The van der Waals surface area contributed by atoms with Gasteiger partial charge in [0.2, 0.25) is 0 Å². The van der Waals surface area contributed by atoms with E-state index in [1.165, 1.54) is 6.07 Å². The number of hydrogen-bond donors (Lipinski definition) is 1. The van der Waals surface area contributed by atoms with Crippen LogP contribution in [0.2, 0.25) is 0 Å². The average molecular weight is 342 g/mol. The molecule has 0 fully saturated rings. The van der Waals surface area contributed by atoms with E-state index in [1.807, 2.05) is 6.07 Å². The van der Waals surface area contributed by atoms with Crippen molar-refractivity contribution in [2.24, 2.45) is 5.92 Å². The van der Waals surface area contributed by atoms with Gasteiger partial charge in [-0.25, -0.2) is 4.39 Å². The topological polar surface area (TPSA) is 25.2 Å². The Morgan fingerprint density at radius 3 is 2.55 bits per heavy atom. The van der Waals surface area contributed by atoms with Crippen LogP contribution in [-0.4, -0.2) is 6.04 Å². The maximum atomic E-state index is 14.0. The SMILES string of the molecule is CC(C)Cc1c(CNC(C)C)oc2c(F)cc(Br)cc12. The lowest BCUT2D eigenvalue weighted by Gasteiger charge is -2.09. The van der Waals surface area contributed by atoms with Gasteiger partial charge in [0.25, 0.3) is 0 Å². The molecule has 0 radical (unpaired) electrons. The summed E-state index contributed by atoms with van der Waals surface area (Å²) in [6.45, 7) is 9.12. The molecule has 0 saturated carbocycles. The second-order valence-electron chi connectivity index (χ2n) is 5.90. The predicted octanol–water partition coefficient (Wildman–Crippen LogP) is 5.03. The van der Waals surface area contributed by atoms with E-state index in [0.29, 0.717) is 24.1 Å². The molecule has 110 valence electrons. The standard InChI is InChI=1S/C16H21BrFNO/c1-9(2)5-12-13-6-11(17)7-14(18)16(13)20-15(12)8-19-10(3)4/h6-7,9-10,19H,5,8H2,1-4H3. The zero-order valence-corrected chi connectivity index (χ0v) is 14.0. The minimum Gasteiger partial charge on any atom is -0.456 e. The van der Waals surface area contributed by atoms with Crippen LogP contribution < -0.4 is 5.32 Å². The monoisotopic (exact) mass is 341 g/mol. The first-order chi connectivity index (χ1) is 9.38. The van der Waals surface area contributed by atoms with Crippen molar-refractivity contribution >= 4 is 26.9 Å². The Balaban J connectivity index is 2.51. The van der Waals surface area contributed by atoms with Gasteiger partial charge in [-0.1, -0.05) is 43.6 Å². The van der Waals surface area contributed by atoms with Crippen molar-refractivity contribution in [1.29, 1.82) is 0 Å². The van der Waals surface area contributed by atoms with E-state index in [1.54, 1.807) is 0 Å². The lowest BCUT2D eigenvalue weighted by molar-refractivity contribution is 0.468. The Morgan fingerprint density at radius 2 is 1.95 bits per heavy atom. The van der Waals surface area contributed by atoms with Crippen molar-refractivity contribution in [2.75, 3.05) is 0 Å². The minimum atomic E-state index is -0.310. The summed E-state index contributed by atoms with van der Waals surface area (Å²) in [5, 5.41) is 4.22. The Kier molecular flexibility index (Phi) is 4.86. The molecule has 1 aromatic heterocycles. The predicted molar refractivity (Wildman–Crippen MR) is 84.4 cm³/mol. The summed E-state index contributed by atoms with van der Waals surface area (Å²) in [4.78, 5) is 0. The van der Waals surface area contributed by atoms with Crippen LogP contribution in [0.3, 0.4) is 0 Å². The fourth-order valence-corrected chi connectivity index (χ4v) is 2.72. The number of nitrogens with one attached hydrogen (secondary N) is 1. The summed E-state index contributed by atoms with van der Waals surface area (Å²) in [6.07, 6.45) is 0.887.